The van der Waals surface area contributed by atoms with Gasteiger partial charge in [-0.2, -0.15) is 0 Å². The summed E-state index contributed by atoms with van der Waals surface area (Å²) < 4.78 is 11.5. The van der Waals surface area contributed by atoms with Crippen LogP contribution in [0.15, 0.2) is 60.7 Å². The Bertz CT molecular complexity index is 1090. The second-order valence-corrected chi connectivity index (χ2v) is 7.03. The molecule has 29 heavy (non-hydrogen) atoms. The molecule has 0 aliphatic carbocycles. The van der Waals surface area contributed by atoms with Crippen molar-refractivity contribution in [3.63, 3.8) is 0 Å². The summed E-state index contributed by atoms with van der Waals surface area (Å²) in [6.45, 7) is -0.203. The molecule has 0 saturated carbocycles. The van der Waals surface area contributed by atoms with Gasteiger partial charge >= 0.3 is 0 Å². The number of rotatable bonds is 6. The summed E-state index contributed by atoms with van der Waals surface area (Å²) in [6.07, 6.45) is 0.551. The van der Waals surface area contributed by atoms with E-state index in [1.807, 2.05) is 48.5 Å². The molecule has 4 aromatic carbocycles. The van der Waals surface area contributed by atoms with E-state index < -0.39 is 0 Å². The van der Waals surface area contributed by atoms with Crippen LogP contribution in [-0.4, -0.2) is 24.4 Å². The Morgan fingerprint density at radius 2 is 1.07 bits per heavy atom. The monoisotopic (exact) mass is 388 g/mol. The van der Waals surface area contributed by atoms with Crippen LogP contribution in [0.5, 0.6) is 11.5 Å². The van der Waals surface area contributed by atoms with E-state index in [-0.39, 0.29) is 13.2 Å². The van der Waals surface area contributed by atoms with E-state index in [0.717, 1.165) is 43.8 Å². The van der Waals surface area contributed by atoms with Crippen molar-refractivity contribution in [2.75, 3.05) is 14.2 Å². The van der Waals surface area contributed by atoms with E-state index in [1.165, 1.54) is 0 Å². The van der Waals surface area contributed by atoms with Crippen LogP contribution in [-0.2, 0) is 19.6 Å². The Morgan fingerprint density at radius 3 is 1.45 bits per heavy atom. The molecule has 4 rings (SSSR count). The van der Waals surface area contributed by atoms with Crippen LogP contribution >= 0.6 is 0 Å². The summed E-state index contributed by atoms with van der Waals surface area (Å²) in [6, 6.07) is 20.1. The maximum atomic E-state index is 9.92. The highest BCUT2D eigenvalue weighted by Gasteiger charge is 2.19. The van der Waals surface area contributed by atoms with Crippen molar-refractivity contribution in [1.29, 1.82) is 0 Å². The van der Waals surface area contributed by atoms with Gasteiger partial charge in [0.05, 0.1) is 27.4 Å². The average Bonchev–Trinajstić information content (AvgIpc) is 2.78. The number of hydrogen-bond donors (Lipinski definition) is 2. The number of hydrogen-bond acceptors (Lipinski definition) is 4. The van der Waals surface area contributed by atoms with E-state index in [0.29, 0.717) is 17.9 Å². The topological polar surface area (TPSA) is 58.9 Å². The number of aliphatic hydroxyl groups is 2. The third-order valence-corrected chi connectivity index (χ3v) is 5.47. The smallest absolute Gasteiger partial charge is 0.128 e. The van der Waals surface area contributed by atoms with Gasteiger partial charge in [-0.15, -0.1) is 0 Å². The Morgan fingerprint density at radius 1 is 0.655 bits per heavy atom. The molecule has 4 heteroatoms. The first kappa shape index (κ1) is 19.2. The van der Waals surface area contributed by atoms with Gasteiger partial charge in [0.25, 0.3) is 0 Å². The highest BCUT2D eigenvalue weighted by atomic mass is 16.5. The van der Waals surface area contributed by atoms with Crippen LogP contribution in [0.1, 0.15) is 22.3 Å². The molecule has 0 spiro atoms. The van der Waals surface area contributed by atoms with Crippen molar-refractivity contribution in [3.05, 3.63) is 82.9 Å². The maximum absolute atomic E-state index is 9.92. The molecule has 0 aliphatic rings. The number of aliphatic hydroxyl groups excluding tert-OH is 2. The van der Waals surface area contributed by atoms with Gasteiger partial charge in [0.1, 0.15) is 11.5 Å². The lowest BCUT2D eigenvalue weighted by Gasteiger charge is -2.20. The first-order chi connectivity index (χ1) is 14.2. The van der Waals surface area contributed by atoms with E-state index in [9.17, 15) is 10.2 Å². The molecule has 0 aromatic heterocycles. The van der Waals surface area contributed by atoms with Gasteiger partial charge in [0.2, 0.25) is 0 Å². The molecule has 0 amide bonds. The third kappa shape index (κ3) is 3.31. The van der Waals surface area contributed by atoms with Crippen molar-refractivity contribution in [2.45, 2.75) is 19.6 Å². The summed E-state index contributed by atoms with van der Waals surface area (Å²) in [5, 5.41) is 24.1. The van der Waals surface area contributed by atoms with Crippen LogP contribution in [0.4, 0.5) is 0 Å². The quantitative estimate of drug-likeness (QED) is 0.507. The average molecular weight is 388 g/mol. The standard InChI is InChI=1S/C25H24O4/c1-28-24-18(14-26)11-16-7-3-5-9-20(16)22(24)13-23-21-10-6-4-8-17(21)12-19(15-27)25(23)29-2/h3-12,26-27H,13-15H2,1-2H3. The van der Waals surface area contributed by atoms with Gasteiger partial charge in [-0.3, -0.25) is 0 Å². The molecule has 2 N–H and O–H groups in total. The number of benzene rings is 4. The summed E-state index contributed by atoms with van der Waals surface area (Å²) in [5.41, 5.74) is 3.49. The summed E-state index contributed by atoms with van der Waals surface area (Å²) in [4.78, 5) is 0. The van der Waals surface area contributed by atoms with Gasteiger partial charge in [-0.1, -0.05) is 48.5 Å². The fourth-order valence-electron chi connectivity index (χ4n) is 4.21. The van der Waals surface area contributed by atoms with Gasteiger partial charge < -0.3 is 19.7 Å². The van der Waals surface area contributed by atoms with E-state index in [2.05, 4.69) is 12.1 Å². The second-order valence-electron chi connectivity index (χ2n) is 7.03. The highest BCUT2D eigenvalue weighted by Crippen LogP contribution is 2.39. The Kier molecular flexibility index (Phi) is 5.38. The first-order valence-corrected chi connectivity index (χ1v) is 9.58. The zero-order chi connectivity index (χ0) is 20.4. The van der Waals surface area contributed by atoms with E-state index in [1.54, 1.807) is 14.2 Å². The van der Waals surface area contributed by atoms with Crippen molar-refractivity contribution < 1.29 is 19.7 Å². The molecule has 4 aromatic rings. The van der Waals surface area contributed by atoms with Crippen LogP contribution in [0.2, 0.25) is 0 Å². The molecule has 4 nitrogen and oxygen atoms in total. The molecular formula is C25H24O4. The molecule has 0 saturated heterocycles. The largest absolute Gasteiger partial charge is 0.496 e. The Balaban J connectivity index is 2.04. The summed E-state index contributed by atoms with van der Waals surface area (Å²) in [7, 11) is 3.26. The molecule has 0 radical (unpaired) electrons. The van der Waals surface area contributed by atoms with Crippen molar-refractivity contribution in [1.82, 2.24) is 0 Å². The molecule has 0 heterocycles. The van der Waals surface area contributed by atoms with Crippen molar-refractivity contribution >= 4 is 21.5 Å². The molecule has 0 bridgehead atoms. The van der Waals surface area contributed by atoms with Crippen LogP contribution in [0.3, 0.4) is 0 Å². The number of fused-ring (bicyclic) bond motifs is 2. The van der Waals surface area contributed by atoms with Crippen molar-refractivity contribution in [3.8, 4) is 11.5 Å². The second kappa shape index (κ2) is 8.11. The van der Waals surface area contributed by atoms with Crippen molar-refractivity contribution in [2.24, 2.45) is 0 Å². The molecular weight excluding hydrogens is 364 g/mol. The third-order valence-electron chi connectivity index (χ3n) is 5.47. The van der Waals surface area contributed by atoms with Gasteiger partial charge in [-0.05, 0) is 33.7 Å². The lowest BCUT2D eigenvalue weighted by molar-refractivity contribution is 0.273. The molecule has 0 unspecified atom stereocenters. The Hall–Kier alpha value is -3.08. The molecule has 0 atom stereocenters. The normalized spacial score (nSPS) is 11.2. The van der Waals surface area contributed by atoms with Crippen LogP contribution in [0.25, 0.3) is 21.5 Å². The van der Waals surface area contributed by atoms with Gasteiger partial charge in [-0.25, -0.2) is 0 Å². The van der Waals surface area contributed by atoms with Crippen LogP contribution in [0, 0.1) is 0 Å². The van der Waals surface area contributed by atoms with Gasteiger partial charge in [0, 0.05) is 28.7 Å². The van der Waals surface area contributed by atoms with Gasteiger partial charge in [0.15, 0.2) is 0 Å². The number of ether oxygens (including phenoxy) is 2. The lowest BCUT2D eigenvalue weighted by atomic mass is 9.90. The maximum Gasteiger partial charge on any atom is 0.128 e. The molecule has 0 aliphatic heterocycles. The molecule has 148 valence electrons. The molecule has 0 fully saturated rings. The zero-order valence-corrected chi connectivity index (χ0v) is 16.6. The van der Waals surface area contributed by atoms with Crippen LogP contribution < -0.4 is 9.47 Å². The summed E-state index contributed by atoms with van der Waals surface area (Å²) in [5.74, 6) is 1.37. The first-order valence-electron chi connectivity index (χ1n) is 9.58. The Labute approximate surface area is 169 Å². The van der Waals surface area contributed by atoms with E-state index in [4.69, 9.17) is 9.47 Å². The van der Waals surface area contributed by atoms with E-state index >= 15 is 0 Å². The predicted octanol–water partition coefficient (Wildman–Crippen LogP) is 4.59. The lowest BCUT2D eigenvalue weighted by Crippen LogP contribution is -2.04. The minimum absolute atomic E-state index is 0.102. The minimum atomic E-state index is -0.102. The fraction of sp³-hybridized carbons (Fsp3) is 0.200. The SMILES string of the molecule is COc1c(CO)cc2ccccc2c1Cc1c(OC)c(CO)cc2ccccc12. The predicted molar refractivity (Wildman–Crippen MR) is 116 cm³/mol. The summed E-state index contributed by atoms with van der Waals surface area (Å²) >= 11 is 0. The minimum Gasteiger partial charge on any atom is -0.496 e. The fourth-order valence-corrected chi connectivity index (χ4v) is 4.21. The zero-order valence-electron chi connectivity index (χ0n) is 16.6. The number of methoxy groups -OCH3 is 2. The highest BCUT2D eigenvalue weighted by molar-refractivity contribution is 5.93.